The van der Waals surface area contributed by atoms with Crippen molar-refractivity contribution in [3.8, 4) is 5.75 Å². The molecule has 0 aliphatic carbocycles. The van der Waals surface area contributed by atoms with E-state index in [1.54, 1.807) is 18.3 Å². The Bertz CT molecular complexity index is 986. The number of ether oxygens (including phenoxy) is 1. The van der Waals surface area contributed by atoms with Gasteiger partial charge in [0, 0.05) is 34.9 Å². The van der Waals surface area contributed by atoms with Crippen LogP contribution in [0.2, 0.25) is 5.02 Å². The van der Waals surface area contributed by atoms with Crippen molar-refractivity contribution >= 4 is 34.2 Å². The lowest BCUT2D eigenvalue weighted by Gasteiger charge is -2.12. The second-order valence-electron chi connectivity index (χ2n) is 5.77. The molecule has 1 heterocycles. The highest BCUT2D eigenvalue weighted by molar-refractivity contribution is 6.30. The zero-order chi connectivity index (χ0) is 19.6. The van der Waals surface area contributed by atoms with E-state index in [1.807, 2.05) is 6.07 Å². The van der Waals surface area contributed by atoms with Crippen molar-refractivity contribution in [1.29, 1.82) is 0 Å². The fourth-order valence-corrected chi connectivity index (χ4v) is 2.91. The van der Waals surface area contributed by atoms with Gasteiger partial charge in [-0.1, -0.05) is 11.6 Å². The number of methoxy groups -OCH3 is 1. The third kappa shape index (κ3) is 4.46. The molecule has 142 valence electrons. The number of fused-ring (bicyclic) bond motifs is 1. The molecular formula is C18H15ClF3N3O2. The van der Waals surface area contributed by atoms with Crippen molar-refractivity contribution in [3.63, 3.8) is 0 Å². The normalized spacial score (nSPS) is 11.4. The summed E-state index contributed by atoms with van der Waals surface area (Å²) in [6.07, 6.45) is -2.77. The summed E-state index contributed by atoms with van der Waals surface area (Å²) in [5.41, 5.74) is 0.618. The standard InChI is InChI=1S/C18H15ClF3N3O2/c1-27-16-8-13(7-15-14(16)2-3-23-15)25-17(26)24-9-10-4-11(18(20,21)22)6-12(19)5-10/h2-8,23H,9H2,1H3,(H2,24,25,26). The molecule has 0 aliphatic rings. The van der Waals surface area contributed by atoms with Crippen LogP contribution in [0.1, 0.15) is 11.1 Å². The molecule has 9 heteroatoms. The Balaban J connectivity index is 1.69. The van der Waals surface area contributed by atoms with Crippen LogP contribution in [0.4, 0.5) is 23.7 Å². The maximum Gasteiger partial charge on any atom is 0.416 e. The summed E-state index contributed by atoms with van der Waals surface area (Å²) in [7, 11) is 1.52. The van der Waals surface area contributed by atoms with Gasteiger partial charge in [0.05, 0.1) is 18.2 Å². The van der Waals surface area contributed by atoms with Gasteiger partial charge in [-0.15, -0.1) is 0 Å². The topological polar surface area (TPSA) is 66.2 Å². The quantitative estimate of drug-likeness (QED) is 0.568. The molecule has 0 saturated heterocycles. The summed E-state index contributed by atoms with van der Waals surface area (Å²) >= 11 is 5.73. The number of rotatable bonds is 4. The van der Waals surface area contributed by atoms with Gasteiger partial charge in [0.15, 0.2) is 0 Å². The number of nitrogens with one attached hydrogen (secondary N) is 3. The Hall–Kier alpha value is -2.87. The van der Waals surface area contributed by atoms with Crippen LogP contribution in [-0.4, -0.2) is 18.1 Å². The fourth-order valence-electron chi connectivity index (χ4n) is 2.65. The van der Waals surface area contributed by atoms with Gasteiger partial charge in [0.2, 0.25) is 0 Å². The molecule has 3 aromatic rings. The number of benzene rings is 2. The minimum atomic E-state index is -4.51. The molecule has 0 radical (unpaired) electrons. The molecule has 0 unspecified atom stereocenters. The average Bonchev–Trinajstić information content (AvgIpc) is 3.06. The van der Waals surface area contributed by atoms with Crippen molar-refractivity contribution in [2.24, 2.45) is 0 Å². The second-order valence-corrected chi connectivity index (χ2v) is 6.21. The van der Waals surface area contributed by atoms with Crippen molar-refractivity contribution in [3.05, 3.63) is 58.7 Å². The Morgan fingerprint density at radius 2 is 2.00 bits per heavy atom. The smallest absolute Gasteiger partial charge is 0.416 e. The number of carbonyl (C=O) groups is 1. The summed E-state index contributed by atoms with van der Waals surface area (Å²) in [6.45, 7) is -0.114. The maximum atomic E-state index is 12.8. The molecular weight excluding hydrogens is 383 g/mol. The maximum absolute atomic E-state index is 12.8. The third-order valence-corrected chi connectivity index (χ3v) is 4.06. The van der Waals surface area contributed by atoms with Gasteiger partial charge in [-0.05, 0) is 35.9 Å². The number of anilines is 1. The van der Waals surface area contributed by atoms with Gasteiger partial charge in [-0.25, -0.2) is 4.79 Å². The number of aromatic amines is 1. The van der Waals surface area contributed by atoms with E-state index in [0.29, 0.717) is 11.4 Å². The SMILES string of the molecule is COc1cc(NC(=O)NCc2cc(Cl)cc(C(F)(F)F)c2)cc2[nH]ccc12. The van der Waals surface area contributed by atoms with Crippen LogP contribution in [0.15, 0.2) is 42.6 Å². The van der Waals surface area contributed by atoms with Crippen LogP contribution in [0, 0.1) is 0 Å². The van der Waals surface area contributed by atoms with Crippen LogP contribution in [0.3, 0.4) is 0 Å². The predicted molar refractivity (Wildman–Crippen MR) is 97.2 cm³/mol. The highest BCUT2D eigenvalue weighted by atomic mass is 35.5. The lowest BCUT2D eigenvalue weighted by molar-refractivity contribution is -0.137. The Morgan fingerprint density at radius 3 is 2.70 bits per heavy atom. The second kappa shape index (κ2) is 7.40. The Labute approximate surface area is 157 Å². The summed E-state index contributed by atoms with van der Waals surface area (Å²) in [6, 6.07) is 7.79. The molecule has 27 heavy (non-hydrogen) atoms. The van der Waals surface area contributed by atoms with Crippen molar-refractivity contribution in [2.45, 2.75) is 12.7 Å². The van der Waals surface area contributed by atoms with Gasteiger partial charge in [0.25, 0.3) is 0 Å². The van der Waals surface area contributed by atoms with E-state index < -0.39 is 17.8 Å². The minimum absolute atomic E-state index is 0.0519. The van der Waals surface area contributed by atoms with Crippen LogP contribution < -0.4 is 15.4 Å². The summed E-state index contributed by atoms with van der Waals surface area (Å²) in [5.74, 6) is 0.578. The number of alkyl halides is 3. The van der Waals surface area contributed by atoms with Gasteiger partial charge in [-0.2, -0.15) is 13.2 Å². The fraction of sp³-hybridized carbons (Fsp3) is 0.167. The lowest BCUT2D eigenvalue weighted by atomic mass is 10.1. The molecule has 5 nitrogen and oxygen atoms in total. The minimum Gasteiger partial charge on any atom is -0.496 e. The molecule has 1 aromatic heterocycles. The zero-order valence-corrected chi connectivity index (χ0v) is 14.8. The molecule has 0 spiro atoms. The van der Waals surface area contributed by atoms with E-state index in [9.17, 15) is 18.0 Å². The molecule has 3 rings (SSSR count). The number of carbonyl (C=O) groups excluding carboxylic acids is 1. The number of aromatic nitrogens is 1. The zero-order valence-electron chi connectivity index (χ0n) is 14.1. The number of hydrogen-bond acceptors (Lipinski definition) is 2. The van der Waals surface area contributed by atoms with Crippen LogP contribution in [0.5, 0.6) is 5.75 Å². The molecule has 0 bridgehead atoms. The first kappa shape index (κ1) is 18.9. The first-order valence-electron chi connectivity index (χ1n) is 7.83. The van der Waals surface area contributed by atoms with Crippen LogP contribution in [-0.2, 0) is 12.7 Å². The summed E-state index contributed by atoms with van der Waals surface area (Å²) in [5, 5.41) is 5.94. The summed E-state index contributed by atoms with van der Waals surface area (Å²) < 4.78 is 43.8. The van der Waals surface area contributed by atoms with E-state index in [-0.39, 0.29) is 17.1 Å². The molecule has 0 fully saturated rings. The highest BCUT2D eigenvalue weighted by Gasteiger charge is 2.31. The van der Waals surface area contributed by atoms with E-state index >= 15 is 0 Å². The predicted octanol–water partition coefficient (Wildman–Crippen LogP) is 5.17. The molecule has 2 aromatic carbocycles. The van der Waals surface area contributed by atoms with Crippen molar-refractivity contribution in [2.75, 3.05) is 12.4 Å². The monoisotopic (exact) mass is 397 g/mol. The molecule has 0 atom stereocenters. The first-order chi connectivity index (χ1) is 12.8. The Morgan fingerprint density at radius 1 is 1.22 bits per heavy atom. The lowest BCUT2D eigenvalue weighted by Crippen LogP contribution is -2.28. The first-order valence-corrected chi connectivity index (χ1v) is 8.20. The van der Waals surface area contributed by atoms with Crippen LogP contribution >= 0.6 is 11.6 Å². The number of hydrogen-bond donors (Lipinski definition) is 3. The van der Waals surface area contributed by atoms with Gasteiger partial charge >= 0.3 is 12.2 Å². The number of amides is 2. The number of H-pyrrole nitrogens is 1. The average molecular weight is 398 g/mol. The molecule has 2 amide bonds. The molecule has 3 N–H and O–H groups in total. The molecule has 0 saturated carbocycles. The van der Waals surface area contributed by atoms with Gasteiger partial charge in [-0.3, -0.25) is 0 Å². The van der Waals surface area contributed by atoms with E-state index in [0.717, 1.165) is 23.0 Å². The molecule has 0 aliphatic heterocycles. The Kier molecular flexibility index (Phi) is 5.18. The van der Waals surface area contributed by atoms with Gasteiger partial charge < -0.3 is 20.4 Å². The van der Waals surface area contributed by atoms with E-state index in [4.69, 9.17) is 16.3 Å². The summed E-state index contributed by atoms with van der Waals surface area (Å²) in [4.78, 5) is 15.1. The number of halogens is 4. The highest BCUT2D eigenvalue weighted by Crippen LogP contribution is 2.32. The van der Waals surface area contributed by atoms with Crippen molar-refractivity contribution < 1.29 is 22.7 Å². The number of urea groups is 1. The van der Waals surface area contributed by atoms with E-state index in [1.165, 1.54) is 13.2 Å². The van der Waals surface area contributed by atoms with Crippen molar-refractivity contribution in [1.82, 2.24) is 10.3 Å². The van der Waals surface area contributed by atoms with Crippen LogP contribution in [0.25, 0.3) is 10.9 Å². The van der Waals surface area contributed by atoms with E-state index in [2.05, 4.69) is 15.6 Å². The largest absolute Gasteiger partial charge is 0.496 e. The third-order valence-electron chi connectivity index (χ3n) is 3.85. The van der Waals surface area contributed by atoms with Gasteiger partial charge in [0.1, 0.15) is 5.75 Å².